The van der Waals surface area contributed by atoms with Crippen molar-refractivity contribution in [2.24, 2.45) is 0 Å². The maximum atomic E-state index is 12.1. The third-order valence-corrected chi connectivity index (χ3v) is 3.26. The first-order valence-corrected chi connectivity index (χ1v) is 6.92. The van der Waals surface area contributed by atoms with Crippen molar-refractivity contribution in [3.05, 3.63) is 52.8 Å². The van der Waals surface area contributed by atoms with Gasteiger partial charge in [-0.05, 0) is 44.9 Å². The summed E-state index contributed by atoms with van der Waals surface area (Å²) in [6.45, 7) is 7.40. The highest BCUT2D eigenvalue weighted by molar-refractivity contribution is 5.95. The van der Waals surface area contributed by atoms with E-state index in [1.54, 1.807) is 0 Å². The average Bonchev–Trinajstić information content (AvgIpc) is 2.83. The highest BCUT2D eigenvalue weighted by Crippen LogP contribution is 2.10. The first-order chi connectivity index (χ1) is 9.56. The molecular weight excluding hydrogens is 250 g/mol. The number of carbonyl (C=O) groups excluding carboxylic acids is 1. The average molecular weight is 271 g/mol. The second kappa shape index (κ2) is 6.37. The van der Waals surface area contributed by atoms with Crippen LogP contribution >= 0.6 is 0 Å². The molecule has 2 rings (SSSR count). The summed E-state index contributed by atoms with van der Waals surface area (Å²) in [5.74, 6) is 0.00264. The lowest BCUT2D eigenvalue weighted by Gasteiger charge is -2.08. The predicted molar refractivity (Wildman–Crippen MR) is 79.8 cm³/mol. The number of aryl methyl sites for hydroxylation is 4. The summed E-state index contributed by atoms with van der Waals surface area (Å²) in [6, 6.07) is 7.92. The standard InChI is InChI=1S/C16H21N3O/c1-12-5-6-13(2)15(11-12)16(20)17-8-4-9-19-10-7-14(3)18-19/h5-7,10-11H,4,8-9H2,1-3H3,(H,17,20). The molecule has 0 unspecified atom stereocenters. The summed E-state index contributed by atoms with van der Waals surface area (Å²) in [4.78, 5) is 12.1. The van der Waals surface area contributed by atoms with Gasteiger partial charge in [-0.3, -0.25) is 9.48 Å². The van der Waals surface area contributed by atoms with Gasteiger partial charge in [0, 0.05) is 24.8 Å². The van der Waals surface area contributed by atoms with Crippen LogP contribution in [0.25, 0.3) is 0 Å². The van der Waals surface area contributed by atoms with Crippen LogP contribution in [0.15, 0.2) is 30.5 Å². The fraction of sp³-hybridized carbons (Fsp3) is 0.375. The molecule has 0 spiro atoms. The van der Waals surface area contributed by atoms with Crippen LogP contribution in [0.3, 0.4) is 0 Å². The Bertz CT molecular complexity index is 602. The van der Waals surface area contributed by atoms with E-state index in [-0.39, 0.29) is 5.91 Å². The number of hydrogen-bond acceptors (Lipinski definition) is 2. The number of rotatable bonds is 5. The molecule has 106 valence electrons. The Hall–Kier alpha value is -2.10. The van der Waals surface area contributed by atoms with Gasteiger partial charge in [-0.15, -0.1) is 0 Å². The van der Waals surface area contributed by atoms with E-state index in [4.69, 9.17) is 0 Å². The van der Waals surface area contributed by atoms with Gasteiger partial charge < -0.3 is 5.32 Å². The highest BCUT2D eigenvalue weighted by Gasteiger charge is 2.08. The van der Waals surface area contributed by atoms with Crippen molar-refractivity contribution in [1.82, 2.24) is 15.1 Å². The predicted octanol–water partition coefficient (Wildman–Crippen LogP) is 2.63. The number of nitrogens with one attached hydrogen (secondary N) is 1. The normalized spacial score (nSPS) is 10.6. The molecule has 4 nitrogen and oxygen atoms in total. The van der Waals surface area contributed by atoms with Crippen molar-refractivity contribution < 1.29 is 4.79 Å². The van der Waals surface area contributed by atoms with E-state index in [9.17, 15) is 4.79 Å². The molecule has 0 bridgehead atoms. The van der Waals surface area contributed by atoms with Crippen LogP contribution in [0.1, 0.15) is 33.6 Å². The Labute approximate surface area is 119 Å². The van der Waals surface area contributed by atoms with E-state index >= 15 is 0 Å². The van der Waals surface area contributed by atoms with Gasteiger partial charge in [-0.2, -0.15) is 5.10 Å². The minimum atomic E-state index is 0.00264. The summed E-state index contributed by atoms with van der Waals surface area (Å²) < 4.78 is 1.90. The number of hydrogen-bond donors (Lipinski definition) is 1. The van der Waals surface area contributed by atoms with Crippen LogP contribution in [0.4, 0.5) is 0 Å². The molecule has 2 aromatic rings. The quantitative estimate of drug-likeness (QED) is 0.850. The summed E-state index contributed by atoms with van der Waals surface area (Å²) in [5.41, 5.74) is 3.90. The third-order valence-electron chi connectivity index (χ3n) is 3.26. The first kappa shape index (κ1) is 14.3. The summed E-state index contributed by atoms with van der Waals surface area (Å²) in [7, 11) is 0. The maximum Gasteiger partial charge on any atom is 0.251 e. The van der Waals surface area contributed by atoms with E-state index in [0.717, 1.165) is 35.3 Å². The van der Waals surface area contributed by atoms with Gasteiger partial charge in [-0.25, -0.2) is 0 Å². The Kier molecular flexibility index (Phi) is 4.56. The Morgan fingerprint density at radius 3 is 2.75 bits per heavy atom. The van der Waals surface area contributed by atoms with Crippen molar-refractivity contribution in [3.8, 4) is 0 Å². The molecule has 0 fully saturated rings. The molecule has 1 heterocycles. The van der Waals surface area contributed by atoms with E-state index in [2.05, 4.69) is 10.4 Å². The second-order valence-corrected chi connectivity index (χ2v) is 5.15. The van der Waals surface area contributed by atoms with Gasteiger partial charge in [0.05, 0.1) is 5.69 Å². The van der Waals surface area contributed by atoms with Crippen molar-refractivity contribution in [1.29, 1.82) is 0 Å². The first-order valence-electron chi connectivity index (χ1n) is 6.92. The minimum Gasteiger partial charge on any atom is -0.352 e. The van der Waals surface area contributed by atoms with E-state index in [0.29, 0.717) is 6.54 Å². The molecule has 0 saturated heterocycles. The van der Waals surface area contributed by atoms with Gasteiger partial charge in [0.1, 0.15) is 0 Å². The number of amides is 1. The fourth-order valence-electron chi connectivity index (χ4n) is 2.11. The highest BCUT2D eigenvalue weighted by atomic mass is 16.1. The third kappa shape index (κ3) is 3.70. The summed E-state index contributed by atoms with van der Waals surface area (Å²) in [6.07, 6.45) is 2.83. The summed E-state index contributed by atoms with van der Waals surface area (Å²) >= 11 is 0. The zero-order valence-corrected chi connectivity index (χ0v) is 12.3. The van der Waals surface area contributed by atoms with Crippen LogP contribution in [-0.4, -0.2) is 22.2 Å². The Morgan fingerprint density at radius 2 is 2.05 bits per heavy atom. The van der Waals surface area contributed by atoms with E-state index in [1.165, 1.54) is 0 Å². The van der Waals surface area contributed by atoms with Crippen LogP contribution in [0, 0.1) is 20.8 Å². The largest absolute Gasteiger partial charge is 0.352 e. The fourth-order valence-corrected chi connectivity index (χ4v) is 2.11. The molecule has 1 aromatic carbocycles. The van der Waals surface area contributed by atoms with Crippen LogP contribution in [0.2, 0.25) is 0 Å². The van der Waals surface area contributed by atoms with Gasteiger partial charge in [-0.1, -0.05) is 17.7 Å². The molecule has 0 aliphatic heterocycles. The second-order valence-electron chi connectivity index (χ2n) is 5.15. The minimum absolute atomic E-state index is 0.00264. The lowest BCUT2D eigenvalue weighted by Crippen LogP contribution is -2.26. The molecule has 20 heavy (non-hydrogen) atoms. The molecule has 0 saturated carbocycles. The molecule has 1 N–H and O–H groups in total. The Balaban J connectivity index is 1.82. The topological polar surface area (TPSA) is 46.9 Å². The van der Waals surface area contributed by atoms with Crippen molar-refractivity contribution in [2.45, 2.75) is 33.7 Å². The number of nitrogens with zero attached hydrogens (tertiary/aromatic N) is 2. The van der Waals surface area contributed by atoms with Gasteiger partial charge in [0.25, 0.3) is 5.91 Å². The molecule has 1 amide bonds. The molecule has 0 atom stereocenters. The van der Waals surface area contributed by atoms with Gasteiger partial charge in [0.15, 0.2) is 0 Å². The monoisotopic (exact) mass is 271 g/mol. The molecule has 0 aliphatic carbocycles. The van der Waals surface area contributed by atoms with Crippen LogP contribution < -0.4 is 5.32 Å². The van der Waals surface area contributed by atoms with Crippen LogP contribution in [-0.2, 0) is 6.54 Å². The lowest BCUT2D eigenvalue weighted by atomic mass is 10.1. The van der Waals surface area contributed by atoms with Gasteiger partial charge in [0.2, 0.25) is 0 Å². The van der Waals surface area contributed by atoms with Crippen LogP contribution in [0.5, 0.6) is 0 Å². The SMILES string of the molecule is Cc1ccc(C)c(C(=O)NCCCn2ccc(C)n2)c1. The van der Waals surface area contributed by atoms with Crippen molar-refractivity contribution in [3.63, 3.8) is 0 Å². The molecular formula is C16H21N3O. The Morgan fingerprint density at radius 1 is 1.25 bits per heavy atom. The van der Waals surface area contributed by atoms with E-state index < -0.39 is 0 Å². The number of carbonyl (C=O) groups is 1. The lowest BCUT2D eigenvalue weighted by molar-refractivity contribution is 0.0952. The molecule has 0 radical (unpaired) electrons. The molecule has 0 aliphatic rings. The van der Waals surface area contributed by atoms with E-state index in [1.807, 2.05) is 55.9 Å². The van der Waals surface area contributed by atoms with Crippen molar-refractivity contribution in [2.75, 3.05) is 6.54 Å². The number of aromatic nitrogens is 2. The summed E-state index contributed by atoms with van der Waals surface area (Å²) in [5, 5.41) is 7.28. The van der Waals surface area contributed by atoms with Crippen molar-refractivity contribution >= 4 is 5.91 Å². The smallest absolute Gasteiger partial charge is 0.251 e. The maximum absolute atomic E-state index is 12.1. The zero-order valence-electron chi connectivity index (χ0n) is 12.3. The molecule has 1 aromatic heterocycles. The van der Waals surface area contributed by atoms with Gasteiger partial charge >= 0.3 is 0 Å². The molecule has 4 heteroatoms. The zero-order chi connectivity index (χ0) is 14.5. The number of benzene rings is 1.